The molecule has 32 heavy (non-hydrogen) atoms. The molecule has 166 valence electrons. The molecule has 7 nitrogen and oxygen atoms in total. The Labute approximate surface area is 188 Å². The Balaban J connectivity index is 1.21. The summed E-state index contributed by atoms with van der Waals surface area (Å²) in [7, 11) is 4.25. The summed E-state index contributed by atoms with van der Waals surface area (Å²) in [6.07, 6.45) is 4.00. The average molecular weight is 432 g/mol. The van der Waals surface area contributed by atoms with Gasteiger partial charge in [0.1, 0.15) is 0 Å². The Hall–Kier alpha value is -3.19. The van der Waals surface area contributed by atoms with Gasteiger partial charge in [0.2, 0.25) is 0 Å². The largest absolute Gasteiger partial charge is 0.370 e. The van der Waals surface area contributed by atoms with E-state index >= 15 is 0 Å². The number of benzene rings is 2. The molecule has 1 saturated carbocycles. The summed E-state index contributed by atoms with van der Waals surface area (Å²) in [5, 5.41) is 8.94. The van der Waals surface area contributed by atoms with Gasteiger partial charge >= 0.3 is 0 Å². The van der Waals surface area contributed by atoms with Crippen LogP contribution in [0.25, 0.3) is 0 Å². The van der Waals surface area contributed by atoms with Crippen LogP contribution in [0.2, 0.25) is 0 Å². The van der Waals surface area contributed by atoms with Gasteiger partial charge < -0.3 is 15.1 Å². The molecule has 7 heteroatoms. The summed E-state index contributed by atoms with van der Waals surface area (Å²) in [5.74, 6) is -0.172. The van der Waals surface area contributed by atoms with E-state index in [9.17, 15) is 9.59 Å². The van der Waals surface area contributed by atoms with Crippen molar-refractivity contribution in [3.05, 3.63) is 54.1 Å². The van der Waals surface area contributed by atoms with Crippen molar-refractivity contribution in [1.29, 1.82) is 0 Å². The van der Waals surface area contributed by atoms with Crippen LogP contribution < -0.4 is 15.2 Å². The number of amides is 2. The second kappa shape index (κ2) is 8.39. The van der Waals surface area contributed by atoms with Crippen molar-refractivity contribution in [2.75, 3.05) is 42.4 Å². The minimum atomic E-state index is -0.172. The van der Waals surface area contributed by atoms with Gasteiger partial charge in [0, 0.05) is 36.1 Å². The molecule has 1 saturated heterocycles. The van der Waals surface area contributed by atoms with Crippen LogP contribution in [0.1, 0.15) is 36.0 Å². The van der Waals surface area contributed by atoms with Crippen LogP contribution in [0, 0.1) is 5.92 Å². The second-order valence-corrected chi connectivity index (χ2v) is 9.09. The predicted molar refractivity (Wildman–Crippen MR) is 127 cm³/mol. The number of nitrogens with one attached hydrogen (secondary N) is 1. The number of likely N-dealkylation sites (N-methyl/N-ethyl adjacent to an activating group) is 1. The zero-order chi connectivity index (χ0) is 22.2. The van der Waals surface area contributed by atoms with E-state index in [-0.39, 0.29) is 17.7 Å². The number of hydrazone groups is 1. The summed E-state index contributed by atoms with van der Waals surface area (Å²) in [5.41, 5.74) is 4.19. The third-order valence-electron chi connectivity index (χ3n) is 6.82. The number of carbonyl (C=O) groups is 2. The first-order valence-corrected chi connectivity index (χ1v) is 11.3. The van der Waals surface area contributed by atoms with Gasteiger partial charge in [0.05, 0.1) is 17.3 Å². The number of anilines is 3. The normalized spacial score (nSPS) is 22.5. The standard InChI is InChI=1S/C25H29N5O2/c1-28(2)21-14-15-29(16-21)19-12-8-18(9-13-19)26-24(31)17-6-10-20(11-7-17)30-25(32)22-4-3-5-23(22)27-30/h6-13,21-22H,3-5,14-16H2,1-2H3,(H,26,31). The van der Waals surface area contributed by atoms with E-state index in [1.807, 2.05) is 12.1 Å². The van der Waals surface area contributed by atoms with E-state index in [0.29, 0.717) is 17.3 Å². The van der Waals surface area contributed by atoms with Gasteiger partial charge in [-0.05, 0) is 88.3 Å². The number of hydrogen-bond donors (Lipinski definition) is 1. The van der Waals surface area contributed by atoms with E-state index < -0.39 is 0 Å². The lowest BCUT2D eigenvalue weighted by Crippen LogP contribution is -2.31. The van der Waals surface area contributed by atoms with Crippen LogP contribution in [0.15, 0.2) is 53.6 Å². The monoisotopic (exact) mass is 431 g/mol. The summed E-state index contributed by atoms with van der Waals surface area (Å²) in [6.45, 7) is 2.07. The zero-order valence-corrected chi connectivity index (χ0v) is 18.6. The van der Waals surface area contributed by atoms with Gasteiger partial charge in [-0.1, -0.05) is 0 Å². The van der Waals surface area contributed by atoms with Gasteiger partial charge in [0.25, 0.3) is 11.8 Å². The highest BCUT2D eigenvalue weighted by Crippen LogP contribution is 2.33. The molecule has 2 atom stereocenters. The maximum Gasteiger partial charge on any atom is 0.256 e. The van der Waals surface area contributed by atoms with Crippen molar-refractivity contribution >= 4 is 34.6 Å². The van der Waals surface area contributed by atoms with Crippen LogP contribution in [-0.4, -0.2) is 55.7 Å². The number of rotatable bonds is 5. The van der Waals surface area contributed by atoms with Crippen LogP contribution in [0.3, 0.4) is 0 Å². The molecule has 1 aliphatic carbocycles. The minimum absolute atomic E-state index is 0.0460. The Morgan fingerprint density at radius 3 is 2.41 bits per heavy atom. The Kier molecular flexibility index (Phi) is 5.43. The van der Waals surface area contributed by atoms with Crippen molar-refractivity contribution < 1.29 is 9.59 Å². The van der Waals surface area contributed by atoms with E-state index in [1.165, 1.54) is 10.7 Å². The fourth-order valence-corrected chi connectivity index (χ4v) is 4.83. The van der Waals surface area contributed by atoms with Crippen LogP contribution in [0.5, 0.6) is 0 Å². The van der Waals surface area contributed by atoms with E-state index in [0.717, 1.165) is 50.2 Å². The number of fused-ring (bicyclic) bond motifs is 1. The molecule has 2 fully saturated rings. The number of nitrogens with zero attached hydrogens (tertiary/aromatic N) is 4. The molecule has 2 amide bonds. The molecule has 2 aliphatic heterocycles. The molecule has 0 spiro atoms. The van der Waals surface area contributed by atoms with E-state index in [1.54, 1.807) is 24.3 Å². The molecule has 0 radical (unpaired) electrons. The third kappa shape index (κ3) is 3.88. The quantitative estimate of drug-likeness (QED) is 0.786. The smallest absolute Gasteiger partial charge is 0.256 e. The van der Waals surface area contributed by atoms with Gasteiger partial charge in [-0.25, -0.2) is 5.01 Å². The second-order valence-electron chi connectivity index (χ2n) is 9.09. The van der Waals surface area contributed by atoms with E-state index in [2.05, 4.69) is 46.4 Å². The highest BCUT2D eigenvalue weighted by Gasteiger charge is 2.39. The number of hydrogen-bond acceptors (Lipinski definition) is 5. The molecule has 2 aromatic rings. The van der Waals surface area contributed by atoms with Crippen molar-refractivity contribution in [3.63, 3.8) is 0 Å². The molecule has 1 N–H and O–H groups in total. The molecule has 2 aromatic carbocycles. The van der Waals surface area contributed by atoms with Crippen LogP contribution >= 0.6 is 0 Å². The molecule has 2 unspecified atom stereocenters. The van der Waals surface area contributed by atoms with Gasteiger partial charge in [-0.2, -0.15) is 5.10 Å². The first kappa shape index (κ1) is 20.7. The molecular formula is C25H29N5O2. The summed E-state index contributed by atoms with van der Waals surface area (Å²) in [4.78, 5) is 29.9. The Morgan fingerprint density at radius 1 is 1.03 bits per heavy atom. The highest BCUT2D eigenvalue weighted by atomic mass is 16.2. The molecule has 0 bridgehead atoms. The predicted octanol–water partition coefficient (Wildman–Crippen LogP) is 3.58. The zero-order valence-electron chi connectivity index (χ0n) is 18.6. The topological polar surface area (TPSA) is 68.2 Å². The third-order valence-corrected chi connectivity index (χ3v) is 6.82. The van der Waals surface area contributed by atoms with Crippen LogP contribution in [0.4, 0.5) is 17.1 Å². The molecule has 5 rings (SSSR count). The van der Waals surface area contributed by atoms with E-state index in [4.69, 9.17) is 0 Å². The highest BCUT2D eigenvalue weighted by molar-refractivity contribution is 6.16. The van der Waals surface area contributed by atoms with Crippen molar-refractivity contribution in [2.24, 2.45) is 11.0 Å². The minimum Gasteiger partial charge on any atom is -0.370 e. The van der Waals surface area contributed by atoms with Crippen LogP contribution in [-0.2, 0) is 4.79 Å². The van der Waals surface area contributed by atoms with Crippen molar-refractivity contribution in [1.82, 2.24) is 4.90 Å². The lowest BCUT2D eigenvalue weighted by molar-refractivity contribution is -0.119. The maximum absolute atomic E-state index is 12.7. The van der Waals surface area contributed by atoms with Gasteiger partial charge in [-0.15, -0.1) is 0 Å². The molecule has 3 aliphatic rings. The maximum atomic E-state index is 12.7. The summed E-state index contributed by atoms with van der Waals surface area (Å²) < 4.78 is 0. The lowest BCUT2D eigenvalue weighted by Gasteiger charge is -2.22. The summed E-state index contributed by atoms with van der Waals surface area (Å²) in [6, 6.07) is 15.7. The Bertz CT molecular complexity index is 1050. The fraction of sp³-hybridized carbons (Fsp3) is 0.400. The van der Waals surface area contributed by atoms with Crippen molar-refractivity contribution in [2.45, 2.75) is 31.7 Å². The first-order chi connectivity index (χ1) is 15.5. The Morgan fingerprint density at radius 2 is 1.75 bits per heavy atom. The fourth-order valence-electron chi connectivity index (χ4n) is 4.83. The SMILES string of the molecule is CN(C)C1CCN(c2ccc(NC(=O)c3ccc(N4N=C5CCCC5C4=O)cc3)cc2)C1. The van der Waals surface area contributed by atoms with Gasteiger partial charge in [-0.3, -0.25) is 9.59 Å². The summed E-state index contributed by atoms with van der Waals surface area (Å²) >= 11 is 0. The lowest BCUT2D eigenvalue weighted by atomic mass is 10.1. The average Bonchev–Trinajstić information content (AvgIpc) is 3.53. The van der Waals surface area contributed by atoms with Crippen molar-refractivity contribution in [3.8, 4) is 0 Å². The van der Waals surface area contributed by atoms with Gasteiger partial charge in [0.15, 0.2) is 0 Å². The molecular weight excluding hydrogens is 402 g/mol. The molecule has 2 heterocycles. The molecule has 0 aromatic heterocycles. The first-order valence-electron chi connectivity index (χ1n) is 11.3. The number of carbonyl (C=O) groups excluding carboxylic acids is 2.